The van der Waals surface area contributed by atoms with Gasteiger partial charge in [0.2, 0.25) is 0 Å². The summed E-state index contributed by atoms with van der Waals surface area (Å²) >= 11 is 0. The van der Waals surface area contributed by atoms with Crippen LogP contribution in [0.5, 0.6) is 5.75 Å². The van der Waals surface area contributed by atoms with Crippen LogP contribution in [-0.2, 0) is 0 Å². The lowest BCUT2D eigenvalue weighted by atomic mass is 10.1. The maximum atomic E-state index is 5.87. The van der Waals surface area contributed by atoms with E-state index in [2.05, 4.69) is 12.6 Å². The Labute approximate surface area is 91.7 Å². The molecule has 0 aliphatic rings. The second-order valence-electron chi connectivity index (χ2n) is 3.76. The van der Waals surface area contributed by atoms with E-state index < -0.39 is 0 Å². The number of ether oxygens (including phenoxy) is 1. The van der Waals surface area contributed by atoms with E-state index in [-0.39, 0.29) is 6.04 Å². The molecule has 0 aromatic heterocycles. The monoisotopic (exact) mass is 205 g/mol. The SMILES string of the molecule is C=CCCOc1cc(C)ccc1[C@@H](C)N. The second-order valence-corrected chi connectivity index (χ2v) is 3.76. The first-order valence-electron chi connectivity index (χ1n) is 5.25. The minimum atomic E-state index is 0.00401. The average Bonchev–Trinajstić information content (AvgIpc) is 2.18. The van der Waals surface area contributed by atoms with E-state index in [1.54, 1.807) is 0 Å². The molecule has 1 aromatic rings. The summed E-state index contributed by atoms with van der Waals surface area (Å²) in [7, 11) is 0. The normalized spacial score (nSPS) is 12.2. The minimum absolute atomic E-state index is 0.00401. The number of hydrogen-bond acceptors (Lipinski definition) is 2. The Kier molecular flexibility index (Phi) is 4.37. The predicted molar refractivity (Wildman–Crippen MR) is 64.1 cm³/mol. The van der Waals surface area contributed by atoms with Crippen LogP contribution < -0.4 is 10.5 Å². The van der Waals surface area contributed by atoms with E-state index >= 15 is 0 Å². The van der Waals surface area contributed by atoms with Gasteiger partial charge in [0.15, 0.2) is 0 Å². The van der Waals surface area contributed by atoms with Crippen molar-refractivity contribution in [2.45, 2.75) is 26.3 Å². The maximum absolute atomic E-state index is 5.87. The van der Waals surface area contributed by atoms with Crippen LogP contribution in [0, 0.1) is 6.92 Å². The summed E-state index contributed by atoms with van der Waals surface area (Å²) in [6.07, 6.45) is 2.70. The van der Waals surface area contributed by atoms with Crippen molar-refractivity contribution >= 4 is 0 Å². The summed E-state index contributed by atoms with van der Waals surface area (Å²) in [6, 6.07) is 6.12. The molecule has 82 valence electrons. The first-order valence-corrected chi connectivity index (χ1v) is 5.25. The fourth-order valence-corrected chi connectivity index (χ4v) is 1.39. The average molecular weight is 205 g/mol. The van der Waals surface area contributed by atoms with Crippen molar-refractivity contribution < 1.29 is 4.74 Å². The third kappa shape index (κ3) is 3.40. The molecule has 0 aliphatic carbocycles. The van der Waals surface area contributed by atoms with Gasteiger partial charge in [0.05, 0.1) is 6.61 Å². The van der Waals surface area contributed by atoms with Crippen molar-refractivity contribution in [2.75, 3.05) is 6.61 Å². The molecular formula is C13H19NO. The molecule has 0 fully saturated rings. The van der Waals surface area contributed by atoms with Gasteiger partial charge < -0.3 is 10.5 Å². The van der Waals surface area contributed by atoms with Gasteiger partial charge in [-0.3, -0.25) is 0 Å². The maximum Gasteiger partial charge on any atom is 0.124 e. The highest BCUT2D eigenvalue weighted by Gasteiger charge is 2.07. The van der Waals surface area contributed by atoms with E-state index in [4.69, 9.17) is 10.5 Å². The molecule has 0 heterocycles. The molecule has 2 N–H and O–H groups in total. The molecule has 1 rings (SSSR count). The van der Waals surface area contributed by atoms with Gasteiger partial charge >= 0.3 is 0 Å². The Morgan fingerprint density at radius 2 is 2.27 bits per heavy atom. The van der Waals surface area contributed by atoms with Crippen molar-refractivity contribution in [3.05, 3.63) is 42.0 Å². The van der Waals surface area contributed by atoms with Crippen LogP contribution in [0.3, 0.4) is 0 Å². The summed E-state index contributed by atoms with van der Waals surface area (Å²) in [6.45, 7) is 8.33. The lowest BCUT2D eigenvalue weighted by Gasteiger charge is -2.14. The third-order valence-corrected chi connectivity index (χ3v) is 2.24. The van der Waals surface area contributed by atoms with Gasteiger partial charge in [-0.25, -0.2) is 0 Å². The highest BCUT2D eigenvalue weighted by atomic mass is 16.5. The molecule has 0 spiro atoms. The van der Waals surface area contributed by atoms with Gasteiger partial charge in [-0.05, 0) is 31.9 Å². The van der Waals surface area contributed by atoms with E-state index in [9.17, 15) is 0 Å². The summed E-state index contributed by atoms with van der Waals surface area (Å²) in [4.78, 5) is 0. The molecule has 2 heteroatoms. The summed E-state index contributed by atoms with van der Waals surface area (Å²) < 4.78 is 5.67. The summed E-state index contributed by atoms with van der Waals surface area (Å²) in [5, 5.41) is 0. The molecule has 1 aromatic carbocycles. The molecule has 15 heavy (non-hydrogen) atoms. The van der Waals surface area contributed by atoms with Crippen molar-refractivity contribution in [1.29, 1.82) is 0 Å². The van der Waals surface area contributed by atoms with Crippen molar-refractivity contribution in [1.82, 2.24) is 0 Å². The highest BCUT2D eigenvalue weighted by molar-refractivity contribution is 5.38. The number of aryl methyl sites for hydroxylation is 1. The topological polar surface area (TPSA) is 35.2 Å². The highest BCUT2D eigenvalue weighted by Crippen LogP contribution is 2.25. The zero-order valence-corrected chi connectivity index (χ0v) is 9.49. The molecular weight excluding hydrogens is 186 g/mol. The number of rotatable bonds is 5. The van der Waals surface area contributed by atoms with Crippen LogP contribution in [0.4, 0.5) is 0 Å². The largest absolute Gasteiger partial charge is 0.493 e. The molecule has 0 saturated heterocycles. The minimum Gasteiger partial charge on any atom is -0.493 e. The van der Waals surface area contributed by atoms with Crippen LogP contribution in [-0.4, -0.2) is 6.61 Å². The summed E-state index contributed by atoms with van der Waals surface area (Å²) in [5.41, 5.74) is 8.12. The van der Waals surface area contributed by atoms with E-state index in [1.165, 1.54) is 5.56 Å². The fourth-order valence-electron chi connectivity index (χ4n) is 1.39. The Bertz CT molecular complexity index is 331. The molecule has 0 amide bonds. The molecule has 0 saturated carbocycles. The Morgan fingerprint density at radius 1 is 1.53 bits per heavy atom. The van der Waals surface area contributed by atoms with Gasteiger partial charge in [-0.2, -0.15) is 0 Å². The molecule has 1 atom stereocenters. The first-order chi connectivity index (χ1) is 7.15. The second kappa shape index (κ2) is 5.56. The van der Waals surface area contributed by atoms with Gasteiger partial charge in [0, 0.05) is 11.6 Å². The lowest BCUT2D eigenvalue weighted by Crippen LogP contribution is -2.08. The van der Waals surface area contributed by atoms with E-state index in [0.29, 0.717) is 6.61 Å². The molecule has 0 aliphatic heterocycles. The number of nitrogens with two attached hydrogens (primary N) is 1. The van der Waals surface area contributed by atoms with Crippen molar-refractivity contribution in [2.24, 2.45) is 5.73 Å². The van der Waals surface area contributed by atoms with Crippen LogP contribution >= 0.6 is 0 Å². The Balaban J connectivity index is 2.82. The quantitative estimate of drug-likeness (QED) is 0.592. The van der Waals surface area contributed by atoms with E-state index in [0.717, 1.165) is 17.7 Å². The smallest absolute Gasteiger partial charge is 0.124 e. The third-order valence-electron chi connectivity index (χ3n) is 2.24. The van der Waals surface area contributed by atoms with Crippen molar-refractivity contribution in [3.8, 4) is 5.75 Å². The zero-order valence-electron chi connectivity index (χ0n) is 9.49. The molecule has 0 radical (unpaired) electrons. The standard InChI is InChI=1S/C13H19NO/c1-4-5-8-15-13-9-10(2)6-7-12(13)11(3)14/h4,6-7,9,11H,1,5,8,14H2,2-3H3/t11-/m1/s1. The Morgan fingerprint density at radius 3 is 2.87 bits per heavy atom. The van der Waals surface area contributed by atoms with Crippen LogP contribution in [0.2, 0.25) is 0 Å². The van der Waals surface area contributed by atoms with Gasteiger partial charge in [0.1, 0.15) is 5.75 Å². The number of hydrogen-bond donors (Lipinski definition) is 1. The Hall–Kier alpha value is -1.28. The zero-order chi connectivity index (χ0) is 11.3. The molecule has 0 bridgehead atoms. The van der Waals surface area contributed by atoms with Gasteiger partial charge in [0.25, 0.3) is 0 Å². The predicted octanol–water partition coefficient (Wildman–Crippen LogP) is 2.97. The van der Waals surface area contributed by atoms with Crippen molar-refractivity contribution in [3.63, 3.8) is 0 Å². The van der Waals surface area contributed by atoms with Gasteiger partial charge in [-0.1, -0.05) is 18.2 Å². The first kappa shape index (κ1) is 11.8. The summed E-state index contributed by atoms with van der Waals surface area (Å²) in [5.74, 6) is 0.895. The van der Waals surface area contributed by atoms with E-state index in [1.807, 2.05) is 32.1 Å². The van der Waals surface area contributed by atoms with Crippen LogP contribution in [0.15, 0.2) is 30.9 Å². The number of benzene rings is 1. The fraction of sp³-hybridized carbons (Fsp3) is 0.385. The lowest BCUT2D eigenvalue weighted by molar-refractivity contribution is 0.320. The van der Waals surface area contributed by atoms with Crippen LogP contribution in [0.25, 0.3) is 0 Å². The van der Waals surface area contributed by atoms with Crippen LogP contribution in [0.1, 0.15) is 30.5 Å². The molecule has 0 unspecified atom stereocenters. The van der Waals surface area contributed by atoms with Gasteiger partial charge in [-0.15, -0.1) is 6.58 Å². The molecule has 2 nitrogen and oxygen atoms in total.